The van der Waals surface area contributed by atoms with Gasteiger partial charge in [0.15, 0.2) is 0 Å². The van der Waals surface area contributed by atoms with Crippen molar-refractivity contribution in [2.45, 2.75) is 57.9 Å². The lowest BCUT2D eigenvalue weighted by Crippen LogP contribution is -2.47. The Labute approximate surface area is 272 Å². The van der Waals surface area contributed by atoms with Gasteiger partial charge in [-0.25, -0.2) is 4.98 Å². The van der Waals surface area contributed by atoms with Gasteiger partial charge in [0, 0.05) is 64.7 Å². The van der Waals surface area contributed by atoms with Crippen LogP contribution in [0.3, 0.4) is 0 Å². The van der Waals surface area contributed by atoms with E-state index in [1.165, 1.54) is 5.56 Å². The van der Waals surface area contributed by atoms with Crippen LogP contribution in [0.1, 0.15) is 67.4 Å². The minimum Gasteiger partial charge on any atom is -0.497 e. The SMILES string of the molecule is COc1ccc(CN2CC[C@H]3CC(=O)N4CC[C@@H](CC(=O)N5CCCC5)[C@@H](CCOc5cccc(n5)C(=O)NCC[C@H]3C2)C4)cc1. The van der Waals surface area contributed by atoms with Crippen molar-refractivity contribution in [2.24, 2.45) is 23.7 Å². The highest BCUT2D eigenvalue weighted by Crippen LogP contribution is 2.34. The number of nitrogens with zero attached hydrogens (tertiary/aromatic N) is 4. The topological polar surface area (TPSA) is 104 Å². The molecule has 2 aromatic rings. The van der Waals surface area contributed by atoms with Gasteiger partial charge in [-0.05, 0) is 92.5 Å². The first-order valence-corrected chi connectivity index (χ1v) is 17.2. The Hall–Kier alpha value is -3.66. The first-order valence-electron chi connectivity index (χ1n) is 17.2. The predicted molar refractivity (Wildman–Crippen MR) is 174 cm³/mol. The molecule has 1 aromatic heterocycles. The summed E-state index contributed by atoms with van der Waals surface area (Å²) in [6, 6.07) is 13.5. The van der Waals surface area contributed by atoms with E-state index < -0.39 is 0 Å². The summed E-state index contributed by atoms with van der Waals surface area (Å²) >= 11 is 0. The molecule has 248 valence electrons. The summed E-state index contributed by atoms with van der Waals surface area (Å²) in [6.07, 6.45) is 6.54. The van der Waals surface area contributed by atoms with E-state index in [0.717, 1.165) is 77.0 Å². The van der Waals surface area contributed by atoms with Crippen molar-refractivity contribution in [3.8, 4) is 11.6 Å². The zero-order valence-corrected chi connectivity index (χ0v) is 27.2. The second-order valence-electron chi connectivity index (χ2n) is 13.6. The van der Waals surface area contributed by atoms with Gasteiger partial charge in [0.25, 0.3) is 5.91 Å². The van der Waals surface area contributed by atoms with Crippen LogP contribution in [0.15, 0.2) is 42.5 Å². The van der Waals surface area contributed by atoms with Crippen LogP contribution in [0.5, 0.6) is 11.6 Å². The number of aromatic nitrogens is 1. The van der Waals surface area contributed by atoms with Gasteiger partial charge in [0.1, 0.15) is 11.4 Å². The molecule has 4 atom stereocenters. The standard InChI is InChI=1S/C36H49N5O5/c1-45-31-9-7-26(8-10-31)23-39-18-12-27-22-35(43)41-19-13-28(21-34(42)40-16-2-3-17-40)30(25-41)14-20-46-33-6-4-5-32(38-33)36(44)37-15-11-29(27)24-39/h4-10,27-30H,2-3,11-25H2,1H3,(H,37,44)/t27-,28-,29-,30-/m0/s1. The lowest BCUT2D eigenvalue weighted by Gasteiger charge is -2.42. The lowest BCUT2D eigenvalue weighted by molar-refractivity contribution is -0.137. The van der Waals surface area contributed by atoms with E-state index in [1.807, 2.05) is 17.0 Å². The lowest BCUT2D eigenvalue weighted by atomic mass is 9.79. The van der Waals surface area contributed by atoms with Gasteiger partial charge in [-0.3, -0.25) is 19.3 Å². The molecule has 4 bridgehead atoms. The molecule has 3 amide bonds. The quantitative estimate of drug-likeness (QED) is 0.532. The highest BCUT2D eigenvalue weighted by Gasteiger charge is 2.37. The number of likely N-dealkylation sites (tertiary alicyclic amines) is 2. The smallest absolute Gasteiger partial charge is 0.270 e. The van der Waals surface area contributed by atoms with Crippen LogP contribution in [0.25, 0.3) is 0 Å². The fourth-order valence-electron chi connectivity index (χ4n) is 7.86. The number of hydrogen-bond acceptors (Lipinski definition) is 7. The molecule has 0 spiro atoms. The van der Waals surface area contributed by atoms with Crippen molar-refractivity contribution in [2.75, 3.05) is 59.5 Å². The molecule has 4 aliphatic heterocycles. The summed E-state index contributed by atoms with van der Waals surface area (Å²) < 4.78 is 11.4. The number of fused-ring (bicyclic) bond motifs is 5. The van der Waals surface area contributed by atoms with Gasteiger partial charge in [-0.15, -0.1) is 0 Å². The molecule has 0 unspecified atom stereocenters. The minimum atomic E-state index is -0.212. The summed E-state index contributed by atoms with van der Waals surface area (Å²) in [5, 5.41) is 3.07. The van der Waals surface area contributed by atoms with E-state index in [4.69, 9.17) is 9.47 Å². The van der Waals surface area contributed by atoms with E-state index >= 15 is 0 Å². The number of piperidine rings is 2. The Morgan fingerprint density at radius 3 is 2.57 bits per heavy atom. The Morgan fingerprint density at radius 2 is 1.76 bits per heavy atom. The number of benzene rings is 1. The van der Waals surface area contributed by atoms with Crippen LogP contribution in [-0.4, -0.2) is 96.9 Å². The molecule has 1 N–H and O–H groups in total. The molecule has 0 saturated carbocycles. The Bertz CT molecular complexity index is 1350. The number of ether oxygens (including phenoxy) is 2. The molecule has 5 heterocycles. The third kappa shape index (κ3) is 8.18. The molecule has 0 radical (unpaired) electrons. The predicted octanol–water partition coefficient (Wildman–Crippen LogP) is 4.00. The van der Waals surface area contributed by atoms with Gasteiger partial charge in [0.2, 0.25) is 17.7 Å². The molecule has 10 heteroatoms. The van der Waals surface area contributed by atoms with Gasteiger partial charge in [-0.1, -0.05) is 18.2 Å². The average molecular weight is 632 g/mol. The number of methoxy groups -OCH3 is 1. The molecule has 3 saturated heterocycles. The first-order chi connectivity index (χ1) is 22.4. The first kappa shape index (κ1) is 32.3. The highest BCUT2D eigenvalue weighted by atomic mass is 16.5. The monoisotopic (exact) mass is 631 g/mol. The summed E-state index contributed by atoms with van der Waals surface area (Å²) in [7, 11) is 1.68. The summed E-state index contributed by atoms with van der Waals surface area (Å²) in [6.45, 7) is 6.69. The third-order valence-electron chi connectivity index (χ3n) is 10.6. The van der Waals surface area contributed by atoms with Gasteiger partial charge < -0.3 is 24.6 Å². The minimum absolute atomic E-state index is 0.175. The van der Waals surface area contributed by atoms with E-state index in [0.29, 0.717) is 50.7 Å². The van der Waals surface area contributed by atoms with Crippen molar-refractivity contribution >= 4 is 17.7 Å². The van der Waals surface area contributed by atoms with Gasteiger partial charge >= 0.3 is 0 Å². The van der Waals surface area contributed by atoms with Crippen LogP contribution < -0.4 is 14.8 Å². The number of carbonyl (C=O) groups excluding carboxylic acids is 3. The maximum Gasteiger partial charge on any atom is 0.270 e. The number of amides is 3. The molecule has 10 nitrogen and oxygen atoms in total. The van der Waals surface area contributed by atoms with Crippen LogP contribution >= 0.6 is 0 Å². The molecule has 4 aliphatic rings. The van der Waals surface area contributed by atoms with Crippen molar-refractivity contribution in [3.05, 3.63) is 53.7 Å². The number of rotatable bonds is 5. The molecule has 6 rings (SSSR count). The number of carbonyl (C=O) groups is 3. The second kappa shape index (κ2) is 15.3. The van der Waals surface area contributed by atoms with Crippen molar-refractivity contribution < 1.29 is 23.9 Å². The van der Waals surface area contributed by atoms with Crippen LogP contribution in [0.2, 0.25) is 0 Å². The number of nitrogens with one attached hydrogen (secondary N) is 1. The zero-order chi connectivity index (χ0) is 31.9. The summed E-state index contributed by atoms with van der Waals surface area (Å²) in [5.74, 6) is 2.46. The third-order valence-corrected chi connectivity index (χ3v) is 10.6. The molecule has 46 heavy (non-hydrogen) atoms. The second-order valence-corrected chi connectivity index (χ2v) is 13.6. The Morgan fingerprint density at radius 1 is 0.935 bits per heavy atom. The van der Waals surface area contributed by atoms with Crippen LogP contribution in [0.4, 0.5) is 0 Å². The fourth-order valence-corrected chi connectivity index (χ4v) is 7.86. The zero-order valence-electron chi connectivity index (χ0n) is 27.2. The van der Waals surface area contributed by atoms with Gasteiger partial charge in [-0.2, -0.15) is 0 Å². The molecular formula is C36H49N5O5. The molecule has 1 aromatic carbocycles. The van der Waals surface area contributed by atoms with E-state index in [9.17, 15) is 14.4 Å². The van der Waals surface area contributed by atoms with Crippen LogP contribution in [0, 0.1) is 23.7 Å². The molecular weight excluding hydrogens is 582 g/mol. The van der Waals surface area contributed by atoms with Crippen molar-refractivity contribution in [1.29, 1.82) is 0 Å². The van der Waals surface area contributed by atoms with E-state index in [2.05, 4.69) is 32.2 Å². The number of pyridine rings is 1. The fraction of sp³-hybridized carbons (Fsp3) is 0.611. The Balaban J connectivity index is 1.17. The van der Waals surface area contributed by atoms with Gasteiger partial charge in [0.05, 0.1) is 13.7 Å². The summed E-state index contributed by atoms with van der Waals surface area (Å²) in [5.41, 5.74) is 1.58. The largest absolute Gasteiger partial charge is 0.497 e. The Kier molecular flexibility index (Phi) is 10.7. The maximum atomic E-state index is 13.9. The average Bonchev–Trinajstić information content (AvgIpc) is 3.62. The summed E-state index contributed by atoms with van der Waals surface area (Å²) in [4.78, 5) is 51.1. The van der Waals surface area contributed by atoms with Crippen molar-refractivity contribution in [1.82, 2.24) is 25.0 Å². The maximum absolute atomic E-state index is 13.9. The highest BCUT2D eigenvalue weighted by molar-refractivity contribution is 5.92. The molecule has 0 aliphatic carbocycles. The van der Waals surface area contributed by atoms with E-state index in [1.54, 1.807) is 25.3 Å². The van der Waals surface area contributed by atoms with Crippen LogP contribution in [-0.2, 0) is 16.1 Å². The number of hydrogen-bond donors (Lipinski definition) is 1. The van der Waals surface area contributed by atoms with Crippen molar-refractivity contribution in [3.63, 3.8) is 0 Å². The normalized spacial score (nSPS) is 26.5. The van der Waals surface area contributed by atoms with E-state index in [-0.39, 0.29) is 41.4 Å². The molecule has 3 fully saturated rings.